The van der Waals surface area contributed by atoms with Crippen molar-refractivity contribution in [3.8, 4) is 0 Å². The minimum absolute atomic E-state index is 0.0874. The van der Waals surface area contributed by atoms with Gasteiger partial charge >= 0.3 is 0 Å². The van der Waals surface area contributed by atoms with E-state index < -0.39 is 8.32 Å². The van der Waals surface area contributed by atoms with Crippen LogP contribution in [0.4, 0.5) is 0 Å². The van der Waals surface area contributed by atoms with Gasteiger partial charge in [-0.3, -0.25) is 0 Å². The van der Waals surface area contributed by atoms with Crippen LogP contribution < -0.4 is 5.32 Å². The van der Waals surface area contributed by atoms with E-state index in [-0.39, 0.29) is 6.10 Å². The Morgan fingerprint density at radius 2 is 1.81 bits per heavy atom. The van der Waals surface area contributed by atoms with Crippen molar-refractivity contribution < 1.29 is 4.43 Å². The fourth-order valence-electron chi connectivity index (χ4n) is 5.14. The molecule has 6 heteroatoms. The van der Waals surface area contributed by atoms with E-state index in [0.717, 1.165) is 48.0 Å². The second-order valence-electron chi connectivity index (χ2n) is 9.11. The van der Waals surface area contributed by atoms with E-state index in [1.54, 1.807) is 6.20 Å². The lowest BCUT2D eigenvalue weighted by molar-refractivity contribution is 0.174. The molecular formula is C21H36ClN3OSi-. The molecule has 1 N–H and O–H groups in total. The molecule has 0 spiro atoms. The molecular weight excluding hydrogens is 374 g/mol. The van der Waals surface area contributed by atoms with Crippen LogP contribution in [-0.2, 0) is 4.43 Å². The van der Waals surface area contributed by atoms with E-state index >= 15 is 0 Å². The van der Waals surface area contributed by atoms with Crippen LogP contribution in [-0.4, -0.2) is 30.9 Å². The Kier molecular flexibility index (Phi) is 6.36. The zero-order valence-electron chi connectivity index (χ0n) is 17.8. The van der Waals surface area contributed by atoms with Crippen LogP contribution in [0.25, 0.3) is 0 Å². The molecule has 0 aromatic carbocycles. The van der Waals surface area contributed by atoms with E-state index in [4.69, 9.17) is 16.0 Å². The maximum Gasteiger partial charge on any atom is 0.125 e. The maximum atomic E-state index is 6.85. The Morgan fingerprint density at radius 3 is 2.37 bits per heavy atom. The lowest BCUT2D eigenvalue weighted by atomic mass is 9.98. The Labute approximate surface area is 171 Å². The fraction of sp³-hybridized carbons (Fsp3) is 0.810. The van der Waals surface area contributed by atoms with E-state index in [1.807, 2.05) is 6.92 Å². The smallest absolute Gasteiger partial charge is 0.125 e. The maximum absolute atomic E-state index is 6.85. The van der Waals surface area contributed by atoms with Crippen molar-refractivity contribution >= 4 is 19.9 Å². The van der Waals surface area contributed by atoms with Crippen molar-refractivity contribution in [2.24, 2.45) is 17.3 Å². The SMILES string of the molecule is CC[Si-](CC)(CC)OC(CNC1C[C@@H]2[C@H](C1)C2(C)C)c1nc(C)ncc1Cl. The summed E-state index contributed by atoms with van der Waals surface area (Å²) in [5.74, 6) is 2.55. The molecule has 0 amide bonds. The Bertz CT molecular complexity index is 643. The topological polar surface area (TPSA) is 47.0 Å². The molecule has 0 saturated heterocycles. The number of nitrogens with one attached hydrogen (secondary N) is 1. The zero-order chi connectivity index (χ0) is 19.8. The summed E-state index contributed by atoms with van der Waals surface area (Å²) >= 11 is 6.50. The van der Waals surface area contributed by atoms with Crippen LogP contribution in [0, 0.1) is 24.2 Å². The van der Waals surface area contributed by atoms with Gasteiger partial charge in [-0.05, 0) is 45.3 Å². The summed E-state index contributed by atoms with van der Waals surface area (Å²) in [4.78, 5) is 8.91. The number of aromatic nitrogens is 2. The molecule has 4 atom stereocenters. The van der Waals surface area contributed by atoms with Gasteiger partial charge in [0.2, 0.25) is 0 Å². The summed E-state index contributed by atoms with van der Waals surface area (Å²) in [6, 6.07) is 3.97. The molecule has 2 fully saturated rings. The van der Waals surface area contributed by atoms with Gasteiger partial charge in [0.25, 0.3) is 0 Å². The van der Waals surface area contributed by atoms with E-state index in [1.165, 1.54) is 12.8 Å². The highest BCUT2D eigenvalue weighted by atomic mass is 35.5. The zero-order valence-corrected chi connectivity index (χ0v) is 19.6. The standard InChI is InChI=1S/C21H36ClN3OSi/c1-7-27(8-2,9-3)26-19(20-18(22)12-23-14(4)25-20)13-24-15-10-16-17(11-15)21(16,5)6/h12,15-17,19,24H,7-11,13H2,1-6H3/q-1/t15?,16-,17+,19?. The number of hydrogen-bond donors (Lipinski definition) is 1. The van der Waals surface area contributed by atoms with Gasteiger partial charge in [-0.1, -0.05) is 46.2 Å². The minimum Gasteiger partial charge on any atom is -0.557 e. The average molecular weight is 410 g/mol. The Balaban J connectivity index is 1.73. The van der Waals surface area contributed by atoms with Gasteiger partial charge in [-0.15, -0.1) is 18.1 Å². The van der Waals surface area contributed by atoms with Crippen molar-refractivity contribution in [2.75, 3.05) is 6.54 Å². The average Bonchev–Trinajstić information content (AvgIpc) is 3.01. The van der Waals surface area contributed by atoms with Crippen molar-refractivity contribution in [1.82, 2.24) is 15.3 Å². The third-order valence-corrected chi connectivity index (χ3v) is 12.4. The second kappa shape index (κ2) is 8.09. The molecule has 4 nitrogen and oxygen atoms in total. The number of hydrogen-bond acceptors (Lipinski definition) is 4. The number of rotatable bonds is 9. The number of nitrogens with zero attached hydrogens (tertiary/aromatic N) is 2. The van der Waals surface area contributed by atoms with Gasteiger partial charge in [-0.25, -0.2) is 9.97 Å². The first-order valence-corrected chi connectivity index (χ1v) is 13.6. The van der Waals surface area contributed by atoms with E-state index in [0.29, 0.717) is 16.5 Å². The van der Waals surface area contributed by atoms with Crippen molar-refractivity contribution in [1.29, 1.82) is 0 Å². The van der Waals surface area contributed by atoms with E-state index in [9.17, 15) is 0 Å². The first kappa shape index (κ1) is 21.2. The first-order valence-electron chi connectivity index (χ1n) is 10.7. The second-order valence-corrected chi connectivity index (χ2v) is 14.2. The molecule has 2 aliphatic carbocycles. The molecule has 2 aliphatic rings. The summed E-state index contributed by atoms with van der Waals surface area (Å²) in [7, 11) is -1.77. The van der Waals surface area contributed by atoms with E-state index in [2.05, 4.69) is 49.9 Å². The van der Waals surface area contributed by atoms with Gasteiger partial charge in [0, 0.05) is 18.8 Å². The van der Waals surface area contributed by atoms with Crippen molar-refractivity contribution in [2.45, 2.75) is 84.7 Å². The Hall–Kier alpha value is -0.493. The third-order valence-electron chi connectivity index (χ3n) is 7.48. The van der Waals surface area contributed by atoms with Gasteiger partial charge in [-0.2, -0.15) is 0 Å². The highest BCUT2D eigenvalue weighted by Crippen LogP contribution is 2.66. The summed E-state index contributed by atoms with van der Waals surface area (Å²) in [5, 5.41) is 4.42. The van der Waals surface area contributed by atoms with Crippen LogP contribution in [0.5, 0.6) is 0 Å². The quantitative estimate of drug-likeness (QED) is 0.545. The lowest BCUT2D eigenvalue weighted by Crippen LogP contribution is -2.42. The highest BCUT2D eigenvalue weighted by molar-refractivity contribution is 6.73. The van der Waals surface area contributed by atoms with Gasteiger partial charge in [0.05, 0.1) is 16.8 Å². The molecule has 0 aliphatic heterocycles. The molecule has 1 heterocycles. The molecule has 1 aromatic rings. The summed E-state index contributed by atoms with van der Waals surface area (Å²) in [5.41, 5.74) is 1.42. The highest BCUT2D eigenvalue weighted by Gasteiger charge is 2.61. The molecule has 153 valence electrons. The molecule has 0 radical (unpaired) electrons. The first-order chi connectivity index (χ1) is 12.8. The predicted octanol–water partition coefficient (Wildman–Crippen LogP) is 5.53. The van der Waals surface area contributed by atoms with Crippen molar-refractivity contribution in [3.05, 3.63) is 22.7 Å². The molecule has 2 unspecified atom stereocenters. The summed E-state index contributed by atoms with van der Waals surface area (Å²) in [6.07, 6.45) is 4.21. The fourth-order valence-corrected chi connectivity index (χ4v) is 8.15. The van der Waals surface area contributed by atoms with Crippen LogP contribution in [0.2, 0.25) is 23.2 Å². The number of fused-ring (bicyclic) bond motifs is 1. The molecule has 1 aromatic heterocycles. The monoisotopic (exact) mass is 409 g/mol. The minimum atomic E-state index is -1.77. The third kappa shape index (κ3) is 4.26. The molecule has 0 bridgehead atoms. The van der Waals surface area contributed by atoms with Gasteiger partial charge in [0.1, 0.15) is 5.82 Å². The van der Waals surface area contributed by atoms with Crippen LogP contribution in [0.1, 0.15) is 65.1 Å². The largest absolute Gasteiger partial charge is 0.557 e. The summed E-state index contributed by atoms with van der Waals surface area (Å²) in [6.45, 7) is 14.3. The van der Waals surface area contributed by atoms with Gasteiger partial charge in [0.15, 0.2) is 0 Å². The predicted molar refractivity (Wildman–Crippen MR) is 115 cm³/mol. The number of halogens is 1. The molecule has 2 saturated carbocycles. The molecule has 27 heavy (non-hydrogen) atoms. The molecule has 3 rings (SSSR count). The van der Waals surface area contributed by atoms with Crippen molar-refractivity contribution in [3.63, 3.8) is 0 Å². The summed E-state index contributed by atoms with van der Waals surface area (Å²) < 4.78 is 6.85. The van der Waals surface area contributed by atoms with Crippen LogP contribution >= 0.6 is 11.6 Å². The lowest BCUT2D eigenvalue weighted by Gasteiger charge is -2.45. The number of aryl methyl sites for hydroxylation is 1. The normalized spacial score (nSPS) is 27.4. The van der Waals surface area contributed by atoms with Crippen LogP contribution in [0.3, 0.4) is 0 Å². The van der Waals surface area contributed by atoms with Crippen LogP contribution in [0.15, 0.2) is 6.20 Å². The van der Waals surface area contributed by atoms with Gasteiger partial charge < -0.3 is 9.74 Å². The Morgan fingerprint density at radius 1 is 1.22 bits per heavy atom.